The lowest BCUT2D eigenvalue weighted by atomic mass is 9.72. The Hall–Kier alpha value is -6.29. The van der Waals surface area contributed by atoms with Crippen LogP contribution in [0.1, 0.15) is 95.7 Å². The van der Waals surface area contributed by atoms with Crippen molar-refractivity contribution in [1.29, 1.82) is 0 Å². The number of nitrogens with one attached hydrogen (secondary N) is 3. The average molecular weight is 915 g/mol. The Bertz CT molecular complexity index is 2920. The van der Waals surface area contributed by atoms with Crippen LogP contribution in [0, 0.1) is 24.7 Å². The van der Waals surface area contributed by atoms with Crippen LogP contribution in [0.25, 0.3) is 21.8 Å². The number of nitrogens with two attached hydrogens (primary N) is 1. The van der Waals surface area contributed by atoms with Crippen LogP contribution in [0.2, 0.25) is 0 Å². The van der Waals surface area contributed by atoms with E-state index in [9.17, 15) is 33.0 Å². The molecule has 15 heteroatoms. The van der Waals surface area contributed by atoms with Gasteiger partial charge in [-0.1, -0.05) is 43.9 Å². The summed E-state index contributed by atoms with van der Waals surface area (Å²) in [6.45, 7) is 4.20. The fourth-order valence-corrected chi connectivity index (χ4v) is 11.4. The first kappa shape index (κ1) is 46.2. The summed E-state index contributed by atoms with van der Waals surface area (Å²) in [6, 6.07) is 22.6. The number of aryl methyl sites for hydroxylation is 1. The van der Waals surface area contributed by atoms with E-state index in [-0.39, 0.29) is 32.6 Å². The zero-order valence-corrected chi connectivity index (χ0v) is 38.2. The number of benzene rings is 4. The third-order valence-corrected chi connectivity index (χ3v) is 15.4. The molecule has 6 aromatic rings. The number of pyridine rings is 2. The number of anilines is 2. The fourth-order valence-electron chi connectivity index (χ4n) is 9.99. The molecule has 66 heavy (non-hydrogen) atoms. The number of hydrogen-bond donors (Lipinski definition) is 6. The molecule has 3 heterocycles. The molecule has 1 atom stereocenters. The maximum Gasteiger partial charge on any atom is 0.253 e. The summed E-state index contributed by atoms with van der Waals surface area (Å²) >= 11 is 0. The second kappa shape index (κ2) is 20.1. The van der Waals surface area contributed by atoms with Gasteiger partial charge in [-0.2, -0.15) is 0 Å². The lowest BCUT2D eigenvalue weighted by Gasteiger charge is -2.39. The zero-order valence-electron chi connectivity index (χ0n) is 37.4. The van der Waals surface area contributed by atoms with Gasteiger partial charge in [-0.3, -0.25) is 19.4 Å². The number of primary amides is 1. The first-order valence-electron chi connectivity index (χ1n) is 22.8. The Morgan fingerprint density at radius 1 is 0.909 bits per heavy atom. The Balaban J connectivity index is 0.822. The highest BCUT2D eigenvalue weighted by Crippen LogP contribution is 2.40. The summed E-state index contributed by atoms with van der Waals surface area (Å²) in [5.74, 6) is 1.58. The Morgan fingerprint density at radius 3 is 2.42 bits per heavy atom. The number of H-pyrrole nitrogens is 1. The summed E-state index contributed by atoms with van der Waals surface area (Å²) in [5, 5.41) is 28.6. The number of ether oxygens (including phenoxy) is 1. The number of rotatable bonds is 16. The molecule has 1 aliphatic carbocycles. The van der Waals surface area contributed by atoms with Crippen molar-refractivity contribution in [2.24, 2.45) is 23.5 Å². The zero-order chi connectivity index (χ0) is 46.5. The van der Waals surface area contributed by atoms with Gasteiger partial charge in [0.1, 0.15) is 11.5 Å². The number of nitrogens with zero attached hydrogens (tertiary/aromatic N) is 2. The van der Waals surface area contributed by atoms with E-state index in [0.29, 0.717) is 93.0 Å². The summed E-state index contributed by atoms with van der Waals surface area (Å²) in [7, 11) is -2.57. The number of fused-ring (bicyclic) bond motifs is 2. The van der Waals surface area contributed by atoms with Gasteiger partial charge in [0.2, 0.25) is 15.4 Å². The van der Waals surface area contributed by atoms with Crippen LogP contribution < -0.4 is 26.7 Å². The number of aromatic amines is 1. The summed E-state index contributed by atoms with van der Waals surface area (Å²) in [6.07, 6.45) is 10.6. The van der Waals surface area contributed by atoms with E-state index in [4.69, 9.17) is 10.5 Å². The predicted octanol–water partition coefficient (Wildman–Crippen LogP) is 7.93. The van der Waals surface area contributed by atoms with Crippen LogP contribution in [-0.2, 0) is 9.84 Å². The molecular weight excluding hydrogens is 857 g/mol. The molecule has 1 unspecified atom stereocenters. The molecule has 1 aliphatic heterocycles. The van der Waals surface area contributed by atoms with Crippen molar-refractivity contribution in [3.05, 3.63) is 124 Å². The van der Waals surface area contributed by atoms with Gasteiger partial charge >= 0.3 is 0 Å². The number of methoxy groups -OCH3 is 1. The number of phenolic OH excluding ortho intramolecular Hbond substituents is 1. The predicted molar refractivity (Wildman–Crippen MR) is 255 cm³/mol. The van der Waals surface area contributed by atoms with Crippen molar-refractivity contribution in [2.75, 3.05) is 38.6 Å². The Morgan fingerprint density at radius 2 is 1.67 bits per heavy atom. The van der Waals surface area contributed by atoms with E-state index >= 15 is 0 Å². The van der Waals surface area contributed by atoms with Crippen molar-refractivity contribution in [2.45, 2.75) is 80.6 Å². The number of hydrogen-bond acceptors (Lipinski definition) is 11. The highest BCUT2D eigenvalue weighted by atomic mass is 32.2. The summed E-state index contributed by atoms with van der Waals surface area (Å²) in [4.78, 5) is 47.2. The first-order chi connectivity index (χ1) is 31.8. The molecule has 7 N–H and O–H groups in total. The number of aliphatic hydroxyl groups excluding tert-OH is 1. The third-order valence-electron chi connectivity index (χ3n) is 13.6. The van der Waals surface area contributed by atoms with Crippen LogP contribution in [0.4, 0.5) is 11.4 Å². The molecule has 0 radical (unpaired) electrons. The highest BCUT2D eigenvalue weighted by molar-refractivity contribution is 7.91. The van der Waals surface area contributed by atoms with Crippen molar-refractivity contribution in [1.82, 2.24) is 20.2 Å². The molecule has 0 spiro atoms. The average Bonchev–Trinajstić information content (AvgIpc) is 3.33. The standard InChI is InChI=1S/C51H58N6O8S/c1-31-25-39(28-42-47(31)54-29-43(50(52)61)48(42)55-36-9-6-10-37(27-36)65-2)66(63,64)38-11-5-8-35(26-38)51(62)57-23-20-34(21-24-57)33-14-12-32(13-15-33)7-3-4-22-53-30-45(59)40-16-18-44(58)49-41(40)17-19-46(60)56-49/h5-6,8-11,16-19,25-29,32-34,45,53,58-59H,3-4,7,12-15,20-24,30H2,1-2H3,(H2,52,61)(H,54,55)(H,56,60). The molecule has 1 saturated heterocycles. The SMILES string of the molecule is COc1cccc(Nc2c(C(N)=O)cnc3c(C)cc(S(=O)(=O)c4cccc(C(=O)N5CCC(C6CCC(CCCCNCC(O)c7ccc(O)c8[nH]c(=O)ccc78)CC6)CC5)c4)cc23)c1. The minimum absolute atomic E-state index is 0.00330. The second-order valence-electron chi connectivity index (χ2n) is 17.8. The van der Waals surface area contributed by atoms with Crippen LogP contribution in [-0.4, -0.2) is 78.6 Å². The normalized spacial score (nSPS) is 17.5. The smallest absolute Gasteiger partial charge is 0.253 e. The largest absolute Gasteiger partial charge is 0.506 e. The monoisotopic (exact) mass is 914 g/mol. The van der Waals surface area contributed by atoms with E-state index in [1.54, 1.807) is 68.6 Å². The number of phenols is 1. The lowest BCUT2D eigenvalue weighted by Crippen LogP contribution is -2.40. The first-order valence-corrected chi connectivity index (χ1v) is 24.3. The molecular formula is C51H58N6O8S. The van der Waals surface area contributed by atoms with Crippen LogP contribution in [0.5, 0.6) is 11.5 Å². The highest BCUT2D eigenvalue weighted by Gasteiger charge is 2.32. The Kier molecular flexibility index (Phi) is 14.1. The van der Waals surface area contributed by atoms with E-state index in [1.165, 1.54) is 68.6 Å². The quantitative estimate of drug-likeness (QED) is 0.0513. The topological polar surface area (TPSA) is 217 Å². The maximum atomic E-state index is 14.3. The van der Waals surface area contributed by atoms with Gasteiger partial charge in [0.25, 0.3) is 11.8 Å². The number of unbranched alkanes of at least 4 members (excludes halogenated alkanes) is 1. The minimum atomic E-state index is -4.12. The number of sulfone groups is 1. The second-order valence-corrected chi connectivity index (χ2v) is 19.8. The van der Waals surface area contributed by atoms with Gasteiger partial charge in [-0.05, 0) is 129 Å². The molecule has 14 nitrogen and oxygen atoms in total. The molecule has 2 aliphatic rings. The number of piperidine rings is 1. The number of amides is 2. The fraction of sp³-hybridized carbons (Fsp3) is 0.373. The number of aliphatic hydroxyl groups is 1. The van der Waals surface area contributed by atoms with E-state index in [1.807, 2.05) is 4.90 Å². The molecule has 2 aromatic heterocycles. The molecule has 2 amide bonds. The lowest BCUT2D eigenvalue weighted by molar-refractivity contribution is 0.0624. The molecule has 1 saturated carbocycles. The van der Waals surface area contributed by atoms with Gasteiger partial charge in [-0.25, -0.2) is 8.42 Å². The molecule has 0 bridgehead atoms. The third kappa shape index (κ3) is 10.1. The minimum Gasteiger partial charge on any atom is -0.506 e. The van der Waals surface area contributed by atoms with Crippen molar-refractivity contribution >= 4 is 54.8 Å². The van der Waals surface area contributed by atoms with E-state index < -0.39 is 21.8 Å². The molecule has 346 valence electrons. The number of carbonyl (C=O) groups is 2. The van der Waals surface area contributed by atoms with Gasteiger partial charge in [-0.15, -0.1) is 0 Å². The van der Waals surface area contributed by atoms with Gasteiger partial charge in [0, 0.05) is 60.0 Å². The number of likely N-dealkylation sites (tertiary alicyclic amines) is 1. The van der Waals surface area contributed by atoms with Gasteiger partial charge < -0.3 is 41.2 Å². The van der Waals surface area contributed by atoms with Crippen LogP contribution in [0.3, 0.4) is 0 Å². The van der Waals surface area contributed by atoms with Crippen molar-refractivity contribution < 1.29 is 33.0 Å². The summed E-state index contributed by atoms with van der Waals surface area (Å²) in [5.41, 5.74) is 8.88. The number of aromatic hydroxyl groups is 1. The van der Waals surface area contributed by atoms with E-state index in [0.717, 1.165) is 32.2 Å². The molecule has 8 rings (SSSR count). The Labute approximate surface area is 384 Å². The van der Waals surface area contributed by atoms with Crippen molar-refractivity contribution in [3.63, 3.8) is 0 Å². The van der Waals surface area contributed by atoms with Crippen LogP contribution >= 0.6 is 0 Å². The summed E-state index contributed by atoms with van der Waals surface area (Å²) < 4.78 is 34.0. The van der Waals surface area contributed by atoms with Gasteiger partial charge in [0.15, 0.2) is 0 Å². The van der Waals surface area contributed by atoms with Gasteiger partial charge in [0.05, 0.1) is 45.3 Å². The van der Waals surface area contributed by atoms with Crippen LogP contribution in [0.15, 0.2) is 106 Å². The maximum absolute atomic E-state index is 14.3. The number of carbonyl (C=O) groups excluding carboxylic acids is 2. The molecule has 4 aromatic carbocycles. The van der Waals surface area contributed by atoms with E-state index in [2.05, 4.69) is 20.6 Å². The molecule has 2 fully saturated rings. The van der Waals surface area contributed by atoms with Crippen molar-refractivity contribution in [3.8, 4) is 11.5 Å². The number of aromatic nitrogens is 2.